The number of halogens is 1. The normalized spacial score (nSPS) is 17.4. The second-order valence-electron chi connectivity index (χ2n) is 6.45. The van der Waals surface area contributed by atoms with E-state index in [2.05, 4.69) is 0 Å². The molecular formula is C20H21FN2O2S. The molecular weight excluding hydrogens is 351 g/mol. The molecule has 0 radical (unpaired) electrons. The second-order valence-corrected chi connectivity index (χ2v) is 7.44. The van der Waals surface area contributed by atoms with E-state index in [-0.39, 0.29) is 23.0 Å². The van der Waals surface area contributed by atoms with Crippen molar-refractivity contribution < 1.29 is 14.0 Å². The molecule has 0 bridgehead atoms. The molecule has 0 saturated carbocycles. The van der Waals surface area contributed by atoms with Crippen LogP contribution in [0.5, 0.6) is 0 Å². The Kier molecular flexibility index (Phi) is 5.05. The summed E-state index contributed by atoms with van der Waals surface area (Å²) in [4.78, 5) is 26.5. The van der Waals surface area contributed by atoms with Crippen molar-refractivity contribution in [2.45, 2.75) is 40.2 Å². The molecule has 1 aliphatic rings. The summed E-state index contributed by atoms with van der Waals surface area (Å²) in [6.45, 7) is 7.73. The minimum Gasteiger partial charge on any atom is -0.318 e. The van der Waals surface area contributed by atoms with E-state index in [9.17, 15) is 14.0 Å². The van der Waals surface area contributed by atoms with Crippen molar-refractivity contribution >= 4 is 29.0 Å². The highest BCUT2D eigenvalue weighted by molar-refractivity contribution is 8.18. The number of hydrogen-bond acceptors (Lipinski definition) is 3. The van der Waals surface area contributed by atoms with Crippen molar-refractivity contribution in [3.63, 3.8) is 0 Å². The number of imide groups is 1. The fraction of sp³-hybridized carbons (Fsp3) is 0.300. The smallest absolute Gasteiger partial charge is 0.293 e. The number of amides is 2. The summed E-state index contributed by atoms with van der Waals surface area (Å²) in [5.41, 5.74) is 3.64. The van der Waals surface area contributed by atoms with Crippen molar-refractivity contribution in [1.82, 2.24) is 9.47 Å². The van der Waals surface area contributed by atoms with Crippen LogP contribution in [0.25, 0.3) is 11.8 Å². The van der Waals surface area contributed by atoms with E-state index in [1.807, 2.05) is 38.3 Å². The van der Waals surface area contributed by atoms with Gasteiger partial charge >= 0.3 is 0 Å². The van der Waals surface area contributed by atoms with Gasteiger partial charge in [0.15, 0.2) is 0 Å². The molecule has 4 nitrogen and oxygen atoms in total. The Hall–Kier alpha value is -2.34. The Morgan fingerprint density at radius 2 is 1.85 bits per heavy atom. The van der Waals surface area contributed by atoms with Gasteiger partial charge in [0, 0.05) is 23.1 Å². The highest BCUT2D eigenvalue weighted by Gasteiger charge is 2.37. The van der Waals surface area contributed by atoms with Crippen molar-refractivity contribution in [3.8, 4) is 5.69 Å². The summed E-state index contributed by atoms with van der Waals surface area (Å²) in [5, 5.41) is -0.219. The standard InChI is InChI=1S/C20H21FN2O2S/c1-5-12(2)23-19(24)18(26-20(23)25)11-15-10-13(3)22(14(15)4)17-8-6-16(21)7-9-17/h6-12H,5H2,1-4H3/b18-11+/t12-/m1/s1. The van der Waals surface area contributed by atoms with Crippen molar-refractivity contribution in [1.29, 1.82) is 0 Å². The molecule has 2 amide bonds. The predicted octanol–water partition coefficient (Wildman–Crippen LogP) is 5.07. The van der Waals surface area contributed by atoms with E-state index in [1.165, 1.54) is 17.0 Å². The highest BCUT2D eigenvalue weighted by atomic mass is 32.2. The van der Waals surface area contributed by atoms with Crippen molar-refractivity contribution in [2.75, 3.05) is 0 Å². The van der Waals surface area contributed by atoms with Crippen LogP contribution in [0.4, 0.5) is 9.18 Å². The van der Waals surface area contributed by atoms with Crippen LogP contribution >= 0.6 is 11.8 Å². The summed E-state index contributed by atoms with van der Waals surface area (Å²) in [7, 11) is 0. The molecule has 136 valence electrons. The predicted molar refractivity (Wildman–Crippen MR) is 103 cm³/mol. The topological polar surface area (TPSA) is 42.3 Å². The zero-order valence-electron chi connectivity index (χ0n) is 15.2. The molecule has 1 aliphatic heterocycles. The molecule has 1 atom stereocenters. The first-order chi connectivity index (χ1) is 12.3. The number of aryl methyl sites for hydroxylation is 1. The number of rotatable bonds is 4. The molecule has 1 aromatic heterocycles. The number of hydrogen-bond donors (Lipinski definition) is 0. The fourth-order valence-corrected chi connectivity index (χ4v) is 4.03. The number of aromatic nitrogens is 1. The van der Waals surface area contributed by atoms with E-state index >= 15 is 0 Å². The summed E-state index contributed by atoms with van der Waals surface area (Å²) in [6.07, 6.45) is 2.50. The lowest BCUT2D eigenvalue weighted by Crippen LogP contribution is -2.36. The van der Waals surface area contributed by atoms with E-state index < -0.39 is 0 Å². The summed E-state index contributed by atoms with van der Waals surface area (Å²) in [6, 6.07) is 8.14. The first-order valence-corrected chi connectivity index (χ1v) is 9.37. The molecule has 1 fully saturated rings. The third-order valence-corrected chi connectivity index (χ3v) is 5.58. The maximum absolute atomic E-state index is 13.2. The Balaban J connectivity index is 1.98. The average molecular weight is 372 g/mol. The number of carbonyl (C=O) groups is 2. The van der Waals surface area contributed by atoms with Crippen molar-refractivity contribution in [2.24, 2.45) is 0 Å². The molecule has 2 aromatic rings. The number of benzene rings is 1. The van der Waals surface area contributed by atoms with Crippen LogP contribution in [-0.4, -0.2) is 26.7 Å². The molecule has 1 saturated heterocycles. The summed E-state index contributed by atoms with van der Waals surface area (Å²) >= 11 is 0.982. The van der Waals surface area contributed by atoms with E-state index in [4.69, 9.17) is 0 Å². The first-order valence-electron chi connectivity index (χ1n) is 8.55. The van der Waals surface area contributed by atoms with Crippen LogP contribution in [0.3, 0.4) is 0 Å². The Morgan fingerprint density at radius 1 is 1.19 bits per heavy atom. The Bertz CT molecular complexity index is 899. The van der Waals surface area contributed by atoms with Gasteiger partial charge in [-0.3, -0.25) is 14.5 Å². The molecule has 0 aliphatic carbocycles. The minimum atomic E-state index is -0.282. The van der Waals surface area contributed by atoms with Gasteiger partial charge in [-0.1, -0.05) is 6.92 Å². The van der Waals surface area contributed by atoms with Crippen molar-refractivity contribution in [3.05, 3.63) is 58.0 Å². The molecule has 0 unspecified atom stereocenters. The maximum Gasteiger partial charge on any atom is 0.293 e. The lowest BCUT2D eigenvalue weighted by Gasteiger charge is -2.19. The van der Waals surface area contributed by atoms with Gasteiger partial charge in [-0.05, 0) is 80.9 Å². The quantitative estimate of drug-likeness (QED) is 0.704. The van der Waals surface area contributed by atoms with E-state index in [1.54, 1.807) is 18.2 Å². The zero-order chi connectivity index (χ0) is 19.0. The Morgan fingerprint density at radius 3 is 2.46 bits per heavy atom. The van der Waals surface area contributed by atoms with Crippen LogP contribution in [0, 0.1) is 19.7 Å². The third kappa shape index (κ3) is 3.21. The van der Waals surface area contributed by atoms with Crippen LogP contribution in [0.2, 0.25) is 0 Å². The minimum absolute atomic E-state index is 0.111. The fourth-order valence-electron chi connectivity index (χ4n) is 3.10. The second kappa shape index (κ2) is 7.11. The van der Waals surface area contributed by atoms with Crippen LogP contribution in [0.15, 0.2) is 35.2 Å². The Labute approximate surface area is 156 Å². The van der Waals surface area contributed by atoms with Gasteiger partial charge in [0.1, 0.15) is 5.82 Å². The third-order valence-electron chi connectivity index (χ3n) is 4.70. The number of thioether (sulfide) groups is 1. The van der Waals surface area contributed by atoms with Gasteiger partial charge < -0.3 is 4.57 Å². The molecule has 26 heavy (non-hydrogen) atoms. The first kappa shape index (κ1) is 18.5. The van der Waals surface area contributed by atoms with Gasteiger partial charge in [-0.25, -0.2) is 4.39 Å². The monoisotopic (exact) mass is 372 g/mol. The van der Waals surface area contributed by atoms with Gasteiger partial charge in [0.2, 0.25) is 0 Å². The molecule has 1 aromatic carbocycles. The zero-order valence-corrected chi connectivity index (χ0v) is 16.1. The maximum atomic E-state index is 13.2. The van der Waals surface area contributed by atoms with Gasteiger partial charge in [0.05, 0.1) is 4.91 Å². The lowest BCUT2D eigenvalue weighted by molar-refractivity contribution is -0.124. The molecule has 3 rings (SSSR count). The molecule has 0 N–H and O–H groups in total. The summed E-state index contributed by atoms with van der Waals surface area (Å²) in [5.74, 6) is -0.518. The summed E-state index contributed by atoms with van der Waals surface area (Å²) < 4.78 is 15.2. The average Bonchev–Trinajstić information content (AvgIpc) is 3.04. The highest BCUT2D eigenvalue weighted by Crippen LogP contribution is 2.35. The van der Waals surface area contributed by atoms with Crippen LogP contribution < -0.4 is 0 Å². The van der Waals surface area contributed by atoms with E-state index in [0.717, 1.165) is 40.8 Å². The number of nitrogens with zero attached hydrogens (tertiary/aromatic N) is 2. The molecule has 0 spiro atoms. The van der Waals surface area contributed by atoms with E-state index in [0.29, 0.717) is 4.91 Å². The SMILES string of the molecule is CC[C@@H](C)N1C(=O)S/C(=C/c2cc(C)n(-c3ccc(F)cc3)c2C)C1=O. The van der Waals surface area contributed by atoms with Gasteiger partial charge in [0.25, 0.3) is 11.1 Å². The molecule has 6 heteroatoms. The molecule has 2 heterocycles. The number of carbonyl (C=O) groups excluding carboxylic acids is 2. The van der Waals surface area contributed by atoms with Crippen LogP contribution in [-0.2, 0) is 4.79 Å². The lowest BCUT2D eigenvalue weighted by atomic mass is 10.2. The van der Waals surface area contributed by atoms with Crippen LogP contribution in [0.1, 0.15) is 37.2 Å². The largest absolute Gasteiger partial charge is 0.318 e. The van der Waals surface area contributed by atoms with Gasteiger partial charge in [-0.15, -0.1) is 0 Å². The van der Waals surface area contributed by atoms with Gasteiger partial charge in [-0.2, -0.15) is 0 Å².